The molecule has 1 aromatic heterocycles. The number of aromatic nitrogens is 1. The molecule has 2 fully saturated rings. The van der Waals surface area contributed by atoms with E-state index in [1.807, 2.05) is 13.2 Å². The third-order valence-electron chi connectivity index (χ3n) is 3.96. The van der Waals surface area contributed by atoms with E-state index < -0.39 is 0 Å². The van der Waals surface area contributed by atoms with E-state index in [4.69, 9.17) is 0 Å². The molecular formula is C13H18BrN3. The number of nitrogens with zero attached hydrogens (tertiary/aromatic N) is 2. The standard InChI is InChI=1S/C13H18BrN3/c1-15-6-10-5-11(14)7-16-13(10)17-8-9-2-3-12(17)4-9/h5,7,9,12,15H,2-4,6,8H2,1H3. The summed E-state index contributed by atoms with van der Waals surface area (Å²) < 4.78 is 1.07. The molecule has 2 bridgehead atoms. The molecule has 3 rings (SSSR count). The Morgan fingerprint density at radius 1 is 1.53 bits per heavy atom. The molecule has 1 N–H and O–H groups in total. The summed E-state index contributed by atoms with van der Waals surface area (Å²) in [5, 5.41) is 3.23. The van der Waals surface area contributed by atoms with Gasteiger partial charge in [0, 0.05) is 35.4 Å². The summed E-state index contributed by atoms with van der Waals surface area (Å²) in [6.07, 6.45) is 6.05. The fraction of sp³-hybridized carbons (Fsp3) is 0.615. The van der Waals surface area contributed by atoms with E-state index >= 15 is 0 Å². The number of piperidine rings is 1. The van der Waals surface area contributed by atoms with E-state index in [0.717, 1.165) is 23.0 Å². The Morgan fingerprint density at radius 3 is 3.06 bits per heavy atom. The van der Waals surface area contributed by atoms with Crippen LogP contribution in [-0.4, -0.2) is 24.6 Å². The smallest absolute Gasteiger partial charge is 0.133 e. The zero-order chi connectivity index (χ0) is 11.8. The molecule has 2 unspecified atom stereocenters. The van der Waals surface area contributed by atoms with Gasteiger partial charge in [0.15, 0.2) is 0 Å². The maximum atomic E-state index is 4.64. The predicted molar refractivity (Wildman–Crippen MR) is 73.2 cm³/mol. The molecule has 2 atom stereocenters. The van der Waals surface area contributed by atoms with Crippen molar-refractivity contribution in [1.29, 1.82) is 0 Å². The van der Waals surface area contributed by atoms with Crippen molar-refractivity contribution in [2.45, 2.75) is 31.8 Å². The van der Waals surface area contributed by atoms with Crippen LogP contribution in [0.4, 0.5) is 5.82 Å². The van der Waals surface area contributed by atoms with Crippen molar-refractivity contribution in [3.05, 3.63) is 22.3 Å². The normalized spacial score (nSPS) is 26.8. The minimum atomic E-state index is 0.740. The fourth-order valence-corrected chi connectivity index (χ4v) is 3.62. The number of nitrogens with one attached hydrogen (secondary N) is 1. The largest absolute Gasteiger partial charge is 0.353 e. The average Bonchev–Trinajstić information content (AvgIpc) is 2.91. The first-order chi connectivity index (χ1) is 8.28. The second-order valence-corrected chi connectivity index (χ2v) is 6.07. The molecule has 17 heavy (non-hydrogen) atoms. The lowest BCUT2D eigenvalue weighted by Gasteiger charge is -2.29. The van der Waals surface area contributed by atoms with Gasteiger partial charge in [-0.15, -0.1) is 0 Å². The summed E-state index contributed by atoms with van der Waals surface area (Å²) in [4.78, 5) is 7.16. The Labute approximate surface area is 111 Å². The van der Waals surface area contributed by atoms with Crippen LogP contribution < -0.4 is 10.2 Å². The van der Waals surface area contributed by atoms with Gasteiger partial charge in [-0.2, -0.15) is 0 Å². The average molecular weight is 296 g/mol. The number of hydrogen-bond acceptors (Lipinski definition) is 3. The molecule has 0 spiro atoms. The molecule has 1 aliphatic heterocycles. The molecule has 4 heteroatoms. The van der Waals surface area contributed by atoms with E-state index in [-0.39, 0.29) is 0 Å². The van der Waals surface area contributed by atoms with Crippen LogP contribution in [0.2, 0.25) is 0 Å². The van der Waals surface area contributed by atoms with E-state index in [1.54, 1.807) is 0 Å². The van der Waals surface area contributed by atoms with E-state index in [2.05, 4.69) is 37.2 Å². The van der Waals surface area contributed by atoms with Crippen molar-refractivity contribution in [2.24, 2.45) is 5.92 Å². The number of rotatable bonds is 3. The van der Waals surface area contributed by atoms with Crippen molar-refractivity contribution < 1.29 is 0 Å². The van der Waals surface area contributed by atoms with Gasteiger partial charge >= 0.3 is 0 Å². The summed E-state index contributed by atoms with van der Waals surface area (Å²) in [5.74, 6) is 2.10. The summed E-state index contributed by atoms with van der Waals surface area (Å²) >= 11 is 3.51. The fourth-order valence-electron chi connectivity index (χ4n) is 3.24. The number of fused-ring (bicyclic) bond motifs is 2. The number of hydrogen-bond donors (Lipinski definition) is 1. The number of pyridine rings is 1. The molecule has 1 aromatic rings. The Balaban J connectivity index is 1.91. The molecule has 3 nitrogen and oxygen atoms in total. The maximum absolute atomic E-state index is 4.64. The highest BCUT2D eigenvalue weighted by Crippen LogP contribution is 2.40. The third-order valence-corrected chi connectivity index (χ3v) is 4.39. The third kappa shape index (κ3) is 2.08. The minimum Gasteiger partial charge on any atom is -0.353 e. The molecule has 0 amide bonds. The van der Waals surface area contributed by atoms with Gasteiger partial charge in [-0.3, -0.25) is 0 Å². The Kier molecular flexibility index (Phi) is 3.09. The summed E-state index contributed by atoms with van der Waals surface area (Å²) in [6, 6.07) is 2.93. The Bertz CT molecular complexity index is 421. The SMILES string of the molecule is CNCc1cc(Br)cnc1N1CC2CCC1C2. The van der Waals surface area contributed by atoms with Crippen LogP contribution >= 0.6 is 15.9 Å². The highest BCUT2D eigenvalue weighted by molar-refractivity contribution is 9.10. The van der Waals surface area contributed by atoms with Crippen molar-refractivity contribution >= 4 is 21.7 Å². The molecule has 1 saturated heterocycles. The Morgan fingerprint density at radius 2 is 2.41 bits per heavy atom. The maximum Gasteiger partial charge on any atom is 0.133 e. The lowest BCUT2D eigenvalue weighted by atomic mass is 10.1. The summed E-state index contributed by atoms with van der Waals surface area (Å²) in [6.45, 7) is 2.09. The monoisotopic (exact) mass is 295 g/mol. The van der Waals surface area contributed by atoms with Gasteiger partial charge in [-0.05, 0) is 54.2 Å². The highest BCUT2D eigenvalue weighted by atomic mass is 79.9. The first-order valence-electron chi connectivity index (χ1n) is 6.33. The van der Waals surface area contributed by atoms with Crippen LogP contribution in [0.5, 0.6) is 0 Å². The van der Waals surface area contributed by atoms with Crippen LogP contribution in [-0.2, 0) is 6.54 Å². The Hall–Kier alpha value is -0.610. The van der Waals surface area contributed by atoms with Gasteiger partial charge in [0.05, 0.1) is 0 Å². The van der Waals surface area contributed by atoms with Gasteiger partial charge < -0.3 is 10.2 Å². The van der Waals surface area contributed by atoms with Crippen LogP contribution in [0.15, 0.2) is 16.7 Å². The van der Waals surface area contributed by atoms with Crippen molar-refractivity contribution in [3.8, 4) is 0 Å². The molecule has 0 aromatic carbocycles. The molecule has 0 radical (unpaired) electrons. The second-order valence-electron chi connectivity index (χ2n) is 5.15. The van der Waals surface area contributed by atoms with E-state index in [1.165, 1.54) is 37.2 Å². The first kappa shape index (κ1) is 11.5. The van der Waals surface area contributed by atoms with Crippen LogP contribution in [0.1, 0.15) is 24.8 Å². The molecule has 2 aliphatic rings. The molecule has 1 saturated carbocycles. The van der Waals surface area contributed by atoms with E-state index in [0.29, 0.717) is 0 Å². The lowest BCUT2D eigenvalue weighted by Crippen LogP contribution is -2.33. The van der Waals surface area contributed by atoms with Crippen LogP contribution in [0, 0.1) is 5.92 Å². The summed E-state index contributed by atoms with van der Waals surface area (Å²) in [7, 11) is 1.99. The van der Waals surface area contributed by atoms with Crippen LogP contribution in [0.25, 0.3) is 0 Å². The topological polar surface area (TPSA) is 28.2 Å². The second kappa shape index (κ2) is 4.58. The highest BCUT2D eigenvalue weighted by Gasteiger charge is 2.38. The van der Waals surface area contributed by atoms with Crippen molar-refractivity contribution in [2.75, 3.05) is 18.5 Å². The van der Waals surface area contributed by atoms with Crippen molar-refractivity contribution in [1.82, 2.24) is 10.3 Å². The first-order valence-corrected chi connectivity index (χ1v) is 7.13. The quantitative estimate of drug-likeness (QED) is 0.929. The minimum absolute atomic E-state index is 0.740. The number of anilines is 1. The molecular weight excluding hydrogens is 278 g/mol. The molecule has 2 heterocycles. The number of halogens is 1. The van der Waals surface area contributed by atoms with Crippen LogP contribution in [0.3, 0.4) is 0 Å². The van der Waals surface area contributed by atoms with E-state index in [9.17, 15) is 0 Å². The predicted octanol–water partition coefficient (Wildman–Crippen LogP) is 2.55. The lowest BCUT2D eigenvalue weighted by molar-refractivity contribution is 0.548. The van der Waals surface area contributed by atoms with Gasteiger partial charge in [-0.1, -0.05) is 0 Å². The van der Waals surface area contributed by atoms with Gasteiger partial charge in [0.1, 0.15) is 5.82 Å². The van der Waals surface area contributed by atoms with Gasteiger partial charge in [0.2, 0.25) is 0 Å². The van der Waals surface area contributed by atoms with Crippen molar-refractivity contribution in [3.63, 3.8) is 0 Å². The molecule has 1 aliphatic carbocycles. The molecule has 92 valence electrons. The zero-order valence-corrected chi connectivity index (χ0v) is 11.7. The zero-order valence-electron chi connectivity index (χ0n) is 10.1. The van der Waals surface area contributed by atoms with Gasteiger partial charge in [-0.25, -0.2) is 4.98 Å². The van der Waals surface area contributed by atoms with Gasteiger partial charge in [0.25, 0.3) is 0 Å². The summed E-state index contributed by atoms with van der Waals surface area (Å²) in [5.41, 5.74) is 1.30.